The number of hydrogen-bond donors (Lipinski definition) is 2. The van der Waals surface area contributed by atoms with E-state index in [0.717, 1.165) is 23.3 Å². The summed E-state index contributed by atoms with van der Waals surface area (Å²) in [7, 11) is 1.54. The number of rotatable bonds is 8. The molecule has 0 aromatic carbocycles. The van der Waals surface area contributed by atoms with Crippen LogP contribution >= 0.6 is 22.9 Å². The molecule has 1 saturated heterocycles. The number of methoxy groups -OCH3 is 1. The fraction of sp³-hybridized carbons (Fsp3) is 0.550. The third-order valence-electron chi connectivity index (χ3n) is 5.32. The highest BCUT2D eigenvalue weighted by Gasteiger charge is 2.35. The minimum Gasteiger partial charge on any atom is -0.476 e. The molecule has 32 heavy (non-hydrogen) atoms. The van der Waals surface area contributed by atoms with Crippen LogP contribution in [0.4, 0.5) is 5.13 Å². The number of aromatic carboxylic acids is 1. The van der Waals surface area contributed by atoms with Crippen LogP contribution in [0.25, 0.3) is 0 Å². The van der Waals surface area contributed by atoms with Crippen LogP contribution in [0.5, 0.6) is 0 Å². The second-order valence-corrected chi connectivity index (χ2v) is 8.61. The van der Waals surface area contributed by atoms with Gasteiger partial charge in [0, 0.05) is 26.6 Å². The van der Waals surface area contributed by atoms with Gasteiger partial charge in [-0.3, -0.25) is 4.79 Å². The number of aromatic nitrogens is 1. The molecule has 0 unspecified atom stereocenters. The van der Waals surface area contributed by atoms with Crippen molar-refractivity contribution in [3.8, 4) is 0 Å². The summed E-state index contributed by atoms with van der Waals surface area (Å²) < 4.78 is 10.5. The molecule has 3 heterocycles. The number of piperidine rings is 1. The molecule has 1 aromatic heterocycles. The number of amides is 1. The number of thiazole rings is 1. The lowest BCUT2D eigenvalue weighted by Gasteiger charge is -2.37. The van der Waals surface area contributed by atoms with Crippen molar-refractivity contribution in [1.29, 1.82) is 0 Å². The highest BCUT2D eigenvalue weighted by molar-refractivity contribution is 7.17. The van der Waals surface area contributed by atoms with E-state index in [1.807, 2.05) is 11.8 Å². The van der Waals surface area contributed by atoms with Crippen molar-refractivity contribution in [3.63, 3.8) is 0 Å². The molecule has 1 amide bonds. The average Bonchev–Trinajstić information content (AvgIpc) is 3.38. The number of aliphatic imine (C=N–C) groups is 1. The van der Waals surface area contributed by atoms with Gasteiger partial charge in [0.25, 0.3) is 5.91 Å². The maximum absolute atomic E-state index is 12.7. The number of anilines is 1. The molecule has 2 aliphatic rings. The smallest absolute Gasteiger partial charge is 0.356 e. The van der Waals surface area contributed by atoms with E-state index in [-0.39, 0.29) is 35.2 Å². The fourth-order valence-electron chi connectivity index (χ4n) is 3.58. The number of carbonyl (C=O) groups is 3. The normalized spacial score (nSPS) is 20.9. The highest BCUT2D eigenvalue weighted by atomic mass is 35.5. The summed E-state index contributed by atoms with van der Waals surface area (Å²) in [6, 6.07) is -0.265. The first kappa shape index (κ1) is 24.1. The standard InChI is InChI=1S/C20H25ClN4O6S/c1-4-10-8-12(22-16(10)21)17(26)23-11-6-7-25(9-13(11)30-3)20-24-14(18(27)28)15(32-20)19(29)31-5-2/h11,13H,4-9H2,1-3H3,(H,23,26)(H,27,28)/t11-,13+/m1/s1. The first-order chi connectivity index (χ1) is 15.3. The number of carbonyl (C=O) groups excluding carboxylic acids is 2. The van der Waals surface area contributed by atoms with Crippen molar-refractivity contribution in [2.45, 2.75) is 45.3 Å². The van der Waals surface area contributed by atoms with Crippen molar-refractivity contribution in [3.05, 3.63) is 21.3 Å². The van der Waals surface area contributed by atoms with Gasteiger partial charge >= 0.3 is 11.9 Å². The summed E-state index contributed by atoms with van der Waals surface area (Å²) in [5.41, 5.74) is 0.989. The molecule has 0 radical (unpaired) electrons. The molecule has 1 fully saturated rings. The van der Waals surface area contributed by atoms with Crippen LogP contribution in [-0.2, 0) is 14.3 Å². The molecule has 0 bridgehead atoms. The van der Waals surface area contributed by atoms with E-state index >= 15 is 0 Å². The third-order valence-corrected chi connectivity index (χ3v) is 6.77. The van der Waals surface area contributed by atoms with Crippen molar-refractivity contribution >= 4 is 51.6 Å². The number of esters is 1. The summed E-state index contributed by atoms with van der Waals surface area (Å²) in [5, 5.41) is 13.2. The number of carboxylic acid groups (broad SMARTS) is 1. The molecule has 1 aromatic rings. The van der Waals surface area contributed by atoms with E-state index in [9.17, 15) is 19.5 Å². The third kappa shape index (κ3) is 5.11. The monoisotopic (exact) mass is 484 g/mol. The van der Waals surface area contributed by atoms with E-state index in [2.05, 4.69) is 15.3 Å². The average molecular weight is 485 g/mol. The second-order valence-electron chi connectivity index (χ2n) is 7.27. The summed E-state index contributed by atoms with van der Waals surface area (Å²) in [6.07, 6.45) is 1.34. The summed E-state index contributed by atoms with van der Waals surface area (Å²) in [5.74, 6) is -2.29. The quantitative estimate of drug-likeness (QED) is 0.425. The Bertz CT molecular complexity index is 975. The van der Waals surface area contributed by atoms with Gasteiger partial charge in [-0.25, -0.2) is 19.6 Å². The van der Waals surface area contributed by atoms with Crippen LogP contribution < -0.4 is 10.2 Å². The predicted molar refractivity (Wildman–Crippen MR) is 120 cm³/mol. The lowest BCUT2D eigenvalue weighted by molar-refractivity contribution is -0.116. The lowest BCUT2D eigenvalue weighted by atomic mass is 10.0. The van der Waals surface area contributed by atoms with Gasteiger partial charge in [-0.05, 0) is 25.3 Å². The summed E-state index contributed by atoms with van der Waals surface area (Å²) in [6.45, 7) is 4.60. The molecule has 0 aliphatic carbocycles. The van der Waals surface area contributed by atoms with Crippen molar-refractivity contribution < 1.29 is 29.0 Å². The van der Waals surface area contributed by atoms with Crippen LogP contribution in [0.2, 0.25) is 0 Å². The zero-order chi connectivity index (χ0) is 23.4. The maximum atomic E-state index is 12.7. The van der Waals surface area contributed by atoms with Gasteiger partial charge in [-0.15, -0.1) is 0 Å². The fourth-order valence-corrected chi connectivity index (χ4v) is 4.87. The Morgan fingerprint density at radius 1 is 1.34 bits per heavy atom. The Morgan fingerprint density at radius 3 is 2.69 bits per heavy atom. The van der Waals surface area contributed by atoms with E-state index in [4.69, 9.17) is 21.1 Å². The van der Waals surface area contributed by atoms with E-state index in [1.165, 1.54) is 0 Å². The second kappa shape index (κ2) is 10.4. The topological polar surface area (TPSA) is 130 Å². The summed E-state index contributed by atoms with van der Waals surface area (Å²) in [4.78, 5) is 46.4. The number of carboxylic acids is 1. The van der Waals surface area contributed by atoms with Crippen molar-refractivity contribution in [2.75, 3.05) is 31.7 Å². The number of ether oxygens (including phenoxy) is 2. The molecule has 10 nitrogen and oxygen atoms in total. The molecule has 0 spiro atoms. The number of nitrogens with zero attached hydrogens (tertiary/aromatic N) is 3. The van der Waals surface area contributed by atoms with E-state index < -0.39 is 11.9 Å². The zero-order valence-electron chi connectivity index (χ0n) is 18.0. The largest absolute Gasteiger partial charge is 0.476 e. The van der Waals surface area contributed by atoms with Crippen LogP contribution in [0.3, 0.4) is 0 Å². The SMILES string of the molecule is CCOC(=O)c1sc(N2CC[C@@H](NC(=O)C3=NC(Cl)=C(CC)C3)[C@@H](OC)C2)nc1C(=O)O. The molecule has 2 aliphatic heterocycles. The van der Waals surface area contributed by atoms with Gasteiger partial charge in [-0.2, -0.15) is 0 Å². The van der Waals surface area contributed by atoms with Gasteiger partial charge in [0.2, 0.25) is 0 Å². The van der Waals surface area contributed by atoms with Gasteiger partial charge in [0.15, 0.2) is 10.8 Å². The van der Waals surface area contributed by atoms with Crippen LogP contribution in [0.15, 0.2) is 15.7 Å². The summed E-state index contributed by atoms with van der Waals surface area (Å²) >= 11 is 7.05. The first-order valence-corrected chi connectivity index (χ1v) is 11.4. The van der Waals surface area contributed by atoms with Crippen molar-refractivity contribution in [2.24, 2.45) is 4.99 Å². The molecule has 0 saturated carbocycles. The van der Waals surface area contributed by atoms with Gasteiger partial charge in [0.05, 0.1) is 18.8 Å². The Labute approximate surface area is 194 Å². The number of allylic oxidation sites excluding steroid dienone is 1. The molecule has 12 heteroatoms. The Balaban J connectivity index is 1.69. The number of halogens is 1. The Morgan fingerprint density at radius 2 is 2.09 bits per heavy atom. The zero-order valence-corrected chi connectivity index (χ0v) is 19.6. The van der Waals surface area contributed by atoms with Gasteiger partial charge in [0.1, 0.15) is 15.7 Å². The van der Waals surface area contributed by atoms with Gasteiger partial charge in [-0.1, -0.05) is 29.9 Å². The molecule has 3 rings (SSSR count). The van der Waals surface area contributed by atoms with Gasteiger partial charge < -0.3 is 24.8 Å². The molecular formula is C20H25ClN4O6S. The molecule has 2 atom stereocenters. The molecular weight excluding hydrogens is 460 g/mol. The van der Waals surface area contributed by atoms with Crippen LogP contribution in [-0.4, -0.2) is 72.6 Å². The maximum Gasteiger partial charge on any atom is 0.356 e. The first-order valence-electron chi connectivity index (χ1n) is 10.2. The lowest BCUT2D eigenvalue weighted by Crippen LogP contribution is -2.55. The van der Waals surface area contributed by atoms with Crippen LogP contribution in [0, 0.1) is 0 Å². The number of nitrogens with one attached hydrogen (secondary N) is 1. The van der Waals surface area contributed by atoms with E-state index in [1.54, 1.807) is 14.0 Å². The predicted octanol–water partition coefficient (Wildman–Crippen LogP) is 2.43. The van der Waals surface area contributed by atoms with E-state index in [0.29, 0.717) is 41.9 Å². The molecule has 174 valence electrons. The minimum absolute atomic E-state index is 0.0471. The highest BCUT2D eigenvalue weighted by Crippen LogP contribution is 2.30. The Hall–Kier alpha value is -2.50. The molecule has 2 N–H and O–H groups in total. The Kier molecular flexibility index (Phi) is 7.86. The minimum atomic E-state index is -1.29. The van der Waals surface area contributed by atoms with Crippen molar-refractivity contribution in [1.82, 2.24) is 10.3 Å². The number of hydrogen-bond acceptors (Lipinski definition) is 9. The van der Waals surface area contributed by atoms with Crippen LogP contribution in [0.1, 0.15) is 53.3 Å².